The van der Waals surface area contributed by atoms with Crippen molar-refractivity contribution in [2.45, 2.75) is 37.2 Å². The monoisotopic (exact) mass is 465 g/mol. The van der Waals surface area contributed by atoms with Gasteiger partial charge in [-0.25, -0.2) is 0 Å². The molecule has 0 aliphatic carbocycles. The van der Waals surface area contributed by atoms with Gasteiger partial charge in [0.05, 0.1) is 11.5 Å². The molecular weight excluding hydrogens is 444 g/mol. The first kappa shape index (κ1) is 25.1. The molecule has 10 heteroatoms. The van der Waals surface area contributed by atoms with Gasteiger partial charge in [0.25, 0.3) is 0 Å². The van der Waals surface area contributed by atoms with Crippen LogP contribution in [-0.4, -0.2) is 34.8 Å². The molecule has 170 valence electrons. The second-order valence-corrected chi connectivity index (χ2v) is 8.15. The largest absolute Gasteiger partial charge is 0.480 e. The molecule has 31 heavy (non-hydrogen) atoms. The normalized spacial score (nSPS) is 14.3. The van der Waals surface area contributed by atoms with Crippen LogP contribution in [0.25, 0.3) is 11.1 Å². The Bertz CT molecular complexity index is 850. The number of alkyl halides is 6. The number of halogens is 6. The van der Waals surface area contributed by atoms with Crippen molar-refractivity contribution >= 4 is 17.7 Å². The van der Waals surface area contributed by atoms with Gasteiger partial charge in [0.15, 0.2) is 0 Å². The predicted molar refractivity (Wildman–Crippen MR) is 108 cm³/mol. The van der Waals surface area contributed by atoms with E-state index in [2.05, 4.69) is 0 Å². The van der Waals surface area contributed by atoms with Crippen LogP contribution >= 0.6 is 11.8 Å². The standard InChI is InChI=1S/C21H21F6NO2S/c22-20(23,24)16-7-5-14(6-8-16)13-1-3-15(4-2-13)17(21(25,26)27)9-11-31-12-10-18(28)19(29)30/h1-8,17-18H,9-12,28H2,(H,29,30). The Hall–Kier alpha value is -2.20. The fraction of sp³-hybridized carbons (Fsp3) is 0.381. The average Bonchev–Trinajstić information content (AvgIpc) is 2.69. The van der Waals surface area contributed by atoms with E-state index in [1.165, 1.54) is 48.2 Å². The lowest BCUT2D eigenvalue weighted by atomic mass is 9.93. The molecule has 2 unspecified atom stereocenters. The van der Waals surface area contributed by atoms with Crippen molar-refractivity contribution in [3.63, 3.8) is 0 Å². The van der Waals surface area contributed by atoms with Gasteiger partial charge >= 0.3 is 18.3 Å². The fourth-order valence-electron chi connectivity index (χ4n) is 2.92. The van der Waals surface area contributed by atoms with Crippen molar-refractivity contribution in [2.75, 3.05) is 11.5 Å². The Morgan fingerprint density at radius 3 is 1.81 bits per heavy atom. The third kappa shape index (κ3) is 7.46. The van der Waals surface area contributed by atoms with Crippen molar-refractivity contribution < 1.29 is 36.2 Å². The molecule has 3 N–H and O–H groups in total. The zero-order valence-corrected chi connectivity index (χ0v) is 17.0. The molecule has 2 aromatic rings. The van der Waals surface area contributed by atoms with Crippen LogP contribution in [0.4, 0.5) is 26.3 Å². The number of thioether (sulfide) groups is 1. The van der Waals surface area contributed by atoms with Gasteiger partial charge in [0, 0.05) is 0 Å². The van der Waals surface area contributed by atoms with E-state index in [9.17, 15) is 31.1 Å². The molecule has 2 atom stereocenters. The Morgan fingerprint density at radius 2 is 1.35 bits per heavy atom. The second-order valence-electron chi connectivity index (χ2n) is 6.93. The number of rotatable bonds is 9. The lowest BCUT2D eigenvalue weighted by Gasteiger charge is -2.21. The summed E-state index contributed by atoms with van der Waals surface area (Å²) in [6, 6.07) is 8.93. The highest BCUT2D eigenvalue weighted by atomic mass is 32.2. The summed E-state index contributed by atoms with van der Waals surface area (Å²) >= 11 is 1.21. The lowest BCUT2D eigenvalue weighted by molar-refractivity contribution is -0.150. The summed E-state index contributed by atoms with van der Waals surface area (Å²) in [5.74, 6) is -2.33. The molecule has 0 aromatic heterocycles. The maximum absolute atomic E-state index is 13.5. The summed E-state index contributed by atoms with van der Waals surface area (Å²) in [6.45, 7) is 0. The minimum atomic E-state index is -4.46. The van der Waals surface area contributed by atoms with E-state index >= 15 is 0 Å². The van der Waals surface area contributed by atoms with Gasteiger partial charge in [-0.2, -0.15) is 38.1 Å². The number of carbonyl (C=O) groups is 1. The summed E-state index contributed by atoms with van der Waals surface area (Å²) in [5.41, 5.74) is 5.60. The highest BCUT2D eigenvalue weighted by Crippen LogP contribution is 2.39. The van der Waals surface area contributed by atoms with E-state index in [0.29, 0.717) is 16.9 Å². The average molecular weight is 465 g/mol. The number of hydrogen-bond acceptors (Lipinski definition) is 3. The quantitative estimate of drug-likeness (QED) is 0.355. The molecule has 2 aromatic carbocycles. The van der Waals surface area contributed by atoms with Crippen LogP contribution < -0.4 is 5.73 Å². The molecule has 2 rings (SSSR count). The SMILES string of the molecule is NC(CCSCCC(c1ccc(-c2ccc(C(F)(F)F)cc2)cc1)C(F)(F)F)C(=O)O. The molecule has 0 radical (unpaired) electrons. The number of carboxylic acids is 1. The molecule has 0 bridgehead atoms. The molecule has 3 nitrogen and oxygen atoms in total. The first-order chi connectivity index (χ1) is 14.4. The summed E-state index contributed by atoms with van der Waals surface area (Å²) in [5, 5.41) is 8.70. The van der Waals surface area contributed by atoms with Crippen LogP contribution in [0, 0.1) is 0 Å². The smallest absolute Gasteiger partial charge is 0.416 e. The Labute approximate surface area is 179 Å². The van der Waals surface area contributed by atoms with E-state index in [0.717, 1.165) is 12.1 Å². The maximum Gasteiger partial charge on any atom is 0.416 e. The van der Waals surface area contributed by atoms with Crippen LogP contribution in [-0.2, 0) is 11.0 Å². The topological polar surface area (TPSA) is 63.3 Å². The Kier molecular flexibility index (Phi) is 8.41. The van der Waals surface area contributed by atoms with Gasteiger partial charge in [-0.1, -0.05) is 36.4 Å². The number of aliphatic carboxylic acids is 1. The van der Waals surface area contributed by atoms with Crippen LogP contribution in [0.1, 0.15) is 29.9 Å². The van der Waals surface area contributed by atoms with Gasteiger partial charge in [-0.05, 0) is 53.2 Å². The predicted octanol–water partition coefficient (Wildman–Crippen LogP) is 5.94. The van der Waals surface area contributed by atoms with E-state index in [1.54, 1.807) is 0 Å². The van der Waals surface area contributed by atoms with Crippen molar-refractivity contribution in [3.8, 4) is 11.1 Å². The lowest BCUT2D eigenvalue weighted by Crippen LogP contribution is -2.30. The summed E-state index contributed by atoms with van der Waals surface area (Å²) in [7, 11) is 0. The number of nitrogens with two attached hydrogens (primary N) is 1. The first-order valence-corrected chi connectivity index (χ1v) is 10.5. The summed E-state index contributed by atoms with van der Waals surface area (Å²) in [6.07, 6.45) is -8.94. The van der Waals surface area contributed by atoms with Crippen LogP contribution in [0.15, 0.2) is 48.5 Å². The number of hydrogen-bond donors (Lipinski definition) is 2. The van der Waals surface area contributed by atoms with Crippen LogP contribution in [0.3, 0.4) is 0 Å². The Morgan fingerprint density at radius 1 is 0.871 bits per heavy atom. The molecule has 0 aliphatic rings. The summed E-state index contributed by atoms with van der Waals surface area (Å²) < 4.78 is 78.5. The molecule has 0 saturated heterocycles. The third-order valence-corrected chi connectivity index (χ3v) is 5.74. The fourth-order valence-corrected chi connectivity index (χ4v) is 3.94. The van der Waals surface area contributed by atoms with Gasteiger partial charge in [0.2, 0.25) is 0 Å². The van der Waals surface area contributed by atoms with Gasteiger partial charge in [-0.15, -0.1) is 0 Å². The van der Waals surface area contributed by atoms with Crippen LogP contribution in [0.5, 0.6) is 0 Å². The van der Waals surface area contributed by atoms with Crippen molar-refractivity contribution in [1.82, 2.24) is 0 Å². The van der Waals surface area contributed by atoms with Crippen LogP contribution in [0.2, 0.25) is 0 Å². The van der Waals surface area contributed by atoms with E-state index < -0.39 is 35.8 Å². The minimum Gasteiger partial charge on any atom is -0.480 e. The maximum atomic E-state index is 13.5. The molecular formula is C21H21F6NO2S. The zero-order chi connectivity index (χ0) is 23.2. The van der Waals surface area contributed by atoms with E-state index in [-0.39, 0.29) is 24.2 Å². The van der Waals surface area contributed by atoms with Crippen molar-refractivity contribution in [2.24, 2.45) is 5.73 Å². The van der Waals surface area contributed by atoms with Crippen molar-refractivity contribution in [3.05, 3.63) is 59.7 Å². The third-order valence-electron chi connectivity index (χ3n) is 4.69. The molecule has 0 heterocycles. The van der Waals surface area contributed by atoms with Gasteiger partial charge in [0.1, 0.15) is 6.04 Å². The van der Waals surface area contributed by atoms with Gasteiger partial charge in [-0.3, -0.25) is 4.79 Å². The zero-order valence-electron chi connectivity index (χ0n) is 16.2. The molecule has 0 fully saturated rings. The second kappa shape index (κ2) is 10.4. The number of benzene rings is 2. The molecule has 0 spiro atoms. The molecule has 0 aliphatic heterocycles. The summed E-state index contributed by atoms with van der Waals surface area (Å²) in [4.78, 5) is 10.6. The molecule has 0 amide bonds. The van der Waals surface area contributed by atoms with Crippen molar-refractivity contribution in [1.29, 1.82) is 0 Å². The van der Waals surface area contributed by atoms with Gasteiger partial charge < -0.3 is 10.8 Å². The number of carboxylic acid groups (broad SMARTS) is 1. The van der Waals surface area contributed by atoms with E-state index in [4.69, 9.17) is 10.8 Å². The molecule has 0 saturated carbocycles. The highest BCUT2D eigenvalue weighted by Gasteiger charge is 2.40. The minimum absolute atomic E-state index is 0.0611. The Balaban J connectivity index is 2.03. The highest BCUT2D eigenvalue weighted by molar-refractivity contribution is 7.99. The first-order valence-electron chi connectivity index (χ1n) is 9.30. The van der Waals surface area contributed by atoms with E-state index in [1.807, 2.05) is 0 Å².